The molecule has 0 fully saturated rings. The number of esters is 1. The van der Waals surface area contributed by atoms with Gasteiger partial charge in [0.1, 0.15) is 4.88 Å². The third-order valence-corrected chi connectivity index (χ3v) is 6.38. The molecule has 0 amide bonds. The molecule has 1 heterocycles. The van der Waals surface area contributed by atoms with E-state index in [2.05, 4.69) is 4.99 Å². The lowest BCUT2D eigenvalue weighted by molar-refractivity contribution is -0.137. The third kappa shape index (κ3) is 5.24. The van der Waals surface area contributed by atoms with Crippen LogP contribution in [0.15, 0.2) is 71.7 Å². The van der Waals surface area contributed by atoms with E-state index >= 15 is 0 Å². The van der Waals surface area contributed by atoms with E-state index in [0.717, 1.165) is 22.2 Å². The average molecular weight is 504 g/mol. The molecule has 0 aliphatic heterocycles. The summed E-state index contributed by atoms with van der Waals surface area (Å²) in [6.07, 6.45) is -3.04. The molecule has 0 bridgehead atoms. The lowest BCUT2D eigenvalue weighted by Crippen LogP contribution is -2.08. The maximum atomic E-state index is 12.9. The first-order valence-electron chi connectivity index (χ1n) is 10.1. The molecule has 0 saturated heterocycles. The van der Waals surface area contributed by atoms with Crippen LogP contribution in [0.4, 0.5) is 18.9 Å². The fourth-order valence-corrected chi connectivity index (χ4v) is 4.55. The van der Waals surface area contributed by atoms with Gasteiger partial charge in [-0.2, -0.15) is 13.2 Å². The van der Waals surface area contributed by atoms with Crippen molar-refractivity contribution < 1.29 is 27.4 Å². The molecule has 34 heavy (non-hydrogen) atoms. The van der Waals surface area contributed by atoms with Gasteiger partial charge in [0, 0.05) is 16.3 Å². The van der Waals surface area contributed by atoms with Crippen molar-refractivity contribution in [2.75, 3.05) is 6.61 Å². The minimum absolute atomic E-state index is 0.155. The summed E-state index contributed by atoms with van der Waals surface area (Å²) >= 11 is 7.61. The second-order valence-electron chi connectivity index (χ2n) is 7.08. The number of benzene rings is 3. The molecule has 9 heteroatoms. The van der Waals surface area contributed by atoms with Gasteiger partial charge < -0.3 is 9.47 Å². The highest BCUT2D eigenvalue weighted by Crippen LogP contribution is 2.37. The molecule has 0 radical (unpaired) electrons. The monoisotopic (exact) mass is 503 g/mol. The van der Waals surface area contributed by atoms with E-state index < -0.39 is 17.7 Å². The van der Waals surface area contributed by atoms with Crippen LogP contribution in [0.1, 0.15) is 27.7 Å². The first kappa shape index (κ1) is 23.8. The van der Waals surface area contributed by atoms with Crippen LogP contribution in [0.3, 0.4) is 0 Å². The number of thiophene rings is 1. The standard InChI is InChI=1S/C25H17ClF3NO3S/c1-2-32-20-12-15(14-30-17-7-5-6-16(13-17)25(27,28)29)10-11-19(20)33-24(31)23-22(26)18-8-3-4-9-21(18)34-23/h3-14H,2H2,1H3. The smallest absolute Gasteiger partial charge is 0.416 e. The number of carbonyl (C=O) groups is 1. The van der Waals surface area contributed by atoms with E-state index in [9.17, 15) is 18.0 Å². The number of ether oxygens (including phenoxy) is 2. The molecule has 0 aliphatic rings. The molecular formula is C25H17ClF3NO3S. The SMILES string of the molecule is CCOc1cc(C=Nc2cccc(C(F)(F)F)c2)ccc1OC(=O)c1sc2ccccc2c1Cl. The number of hydrogen-bond acceptors (Lipinski definition) is 5. The third-order valence-electron chi connectivity index (χ3n) is 4.73. The minimum atomic E-state index is -4.45. The second kappa shape index (κ2) is 9.87. The van der Waals surface area contributed by atoms with Crippen LogP contribution >= 0.6 is 22.9 Å². The van der Waals surface area contributed by atoms with Crippen molar-refractivity contribution in [3.63, 3.8) is 0 Å². The van der Waals surface area contributed by atoms with Crippen molar-refractivity contribution in [3.8, 4) is 11.5 Å². The zero-order chi connectivity index (χ0) is 24.3. The van der Waals surface area contributed by atoms with Crippen molar-refractivity contribution in [1.82, 2.24) is 0 Å². The van der Waals surface area contributed by atoms with Gasteiger partial charge in [-0.25, -0.2) is 4.79 Å². The highest BCUT2D eigenvalue weighted by molar-refractivity contribution is 7.21. The Morgan fingerprint density at radius 3 is 2.59 bits per heavy atom. The molecule has 174 valence electrons. The Bertz CT molecular complexity index is 1380. The summed E-state index contributed by atoms with van der Waals surface area (Å²) < 4.78 is 50.8. The van der Waals surface area contributed by atoms with Gasteiger partial charge in [-0.15, -0.1) is 11.3 Å². The Morgan fingerprint density at radius 1 is 1.06 bits per heavy atom. The summed E-state index contributed by atoms with van der Waals surface area (Å²) in [6.45, 7) is 2.08. The van der Waals surface area contributed by atoms with E-state index in [4.69, 9.17) is 21.1 Å². The molecule has 1 aromatic heterocycles. The molecule has 3 aromatic carbocycles. The van der Waals surface area contributed by atoms with E-state index in [-0.39, 0.29) is 16.3 Å². The summed E-state index contributed by atoms with van der Waals surface area (Å²) in [6, 6.07) is 16.9. The van der Waals surface area contributed by atoms with Crippen molar-refractivity contribution in [2.24, 2.45) is 4.99 Å². The van der Waals surface area contributed by atoms with Gasteiger partial charge in [-0.1, -0.05) is 35.9 Å². The Balaban J connectivity index is 1.57. The number of alkyl halides is 3. The summed E-state index contributed by atoms with van der Waals surface area (Å²) in [5.74, 6) is -0.129. The lowest BCUT2D eigenvalue weighted by Gasteiger charge is -2.11. The fourth-order valence-electron chi connectivity index (χ4n) is 3.16. The average Bonchev–Trinajstić information content (AvgIpc) is 3.16. The van der Waals surface area contributed by atoms with E-state index in [1.165, 1.54) is 35.8 Å². The van der Waals surface area contributed by atoms with Crippen LogP contribution < -0.4 is 9.47 Å². The van der Waals surface area contributed by atoms with Gasteiger partial charge in [0.05, 0.1) is 22.9 Å². The van der Waals surface area contributed by atoms with Crippen LogP contribution in [0.5, 0.6) is 11.5 Å². The van der Waals surface area contributed by atoms with Crippen LogP contribution in [-0.2, 0) is 6.18 Å². The van der Waals surface area contributed by atoms with Gasteiger partial charge >= 0.3 is 12.1 Å². The number of aliphatic imine (C=N–C) groups is 1. The quantitative estimate of drug-likeness (QED) is 0.152. The highest BCUT2D eigenvalue weighted by atomic mass is 35.5. The zero-order valence-corrected chi connectivity index (χ0v) is 19.3. The first-order chi connectivity index (χ1) is 16.3. The number of halogens is 4. The Kier molecular flexibility index (Phi) is 6.90. The predicted molar refractivity (Wildman–Crippen MR) is 128 cm³/mol. The fraction of sp³-hybridized carbons (Fsp3) is 0.120. The number of nitrogens with zero attached hydrogens (tertiary/aromatic N) is 1. The molecule has 0 N–H and O–H groups in total. The molecule has 4 aromatic rings. The van der Waals surface area contributed by atoms with Crippen molar-refractivity contribution in [2.45, 2.75) is 13.1 Å². The van der Waals surface area contributed by atoms with Crippen LogP contribution in [0, 0.1) is 0 Å². The Labute approximate surface area is 202 Å². The predicted octanol–water partition coefficient (Wildman–Crippen LogP) is 7.94. The van der Waals surface area contributed by atoms with Crippen molar-refractivity contribution in [1.29, 1.82) is 0 Å². The molecule has 0 spiro atoms. The molecule has 0 atom stereocenters. The van der Waals surface area contributed by atoms with Gasteiger partial charge in [-0.3, -0.25) is 4.99 Å². The molecule has 4 nitrogen and oxygen atoms in total. The lowest BCUT2D eigenvalue weighted by atomic mass is 10.2. The molecule has 0 saturated carbocycles. The van der Waals surface area contributed by atoms with Gasteiger partial charge in [0.15, 0.2) is 11.5 Å². The maximum Gasteiger partial charge on any atom is 0.416 e. The first-order valence-corrected chi connectivity index (χ1v) is 11.3. The molecule has 0 unspecified atom stereocenters. The van der Waals surface area contributed by atoms with Crippen LogP contribution in [0.25, 0.3) is 10.1 Å². The molecule has 0 aliphatic carbocycles. The van der Waals surface area contributed by atoms with E-state index in [1.807, 2.05) is 24.3 Å². The zero-order valence-electron chi connectivity index (χ0n) is 17.7. The number of rotatable bonds is 6. The van der Waals surface area contributed by atoms with Gasteiger partial charge in [0.2, 0.25) is 0 Å². The van der Waals surface area contributed by atoms with Crippen LogP contribution in [0.2, 0.25) is 5.02 Å². The highest BCUT2D eigenvalue weighted by Gasteiger charge is 2.30. The molecular weight excluding hydrogens is 487 g/mol. The Morgan fingerprint density at radius 2 is 1.85 bits per heavy atom. The molecule has 4 rings (SSSR count). The number of carbonyl (C=O) groups excluding carboxylic acids is 1. The van der Waals surface area contributed by atoms with Crippen LogP contribution in [-0.4, -0.2) is 18.8 Å². The van der Waals surface area contributed by atoms with E-state index in [1.54, 1.807) is 19.1 Å². The largest absolute Gasteiger partial charge is 0.490 e. The summed E-state index contributed by atoms with van der Waals surface area (Å²) in [5, 5.41) is 1.10. The Hall–Kier alpha value is -3.36. The maximum absolute atomic E-state index is 12.9. The summed E-state index contributed by atoms with van der Waals surface area (Å²) in [5.41, 5.74) is -0.0671. The van der Waals surface area contributed by atoms with Crippen molar-refractivity contribution in [3.05, 3.63) is 87.8 Å². The van der Waals surface area contributed by atoms with E-state index in [0.29, 0.717) is 22.9 Å². The second-order valence-corrected chi connectivity index (χ2v) is 8.51. The number of fused-ring (bicyclic) bond motifs is 1. The topological polar surface area (TPSA) is 47.9 Å². The minimum Gasteiger partial charge on any atom is -0.490 e. The number of hydrogen-bond donors (Lipinski definition) is 0. The van der Waals surface area contributed by atoms with Gasteiger partial charge in [-0.05, 0) is 55.0 Å². The van der Waals surface area contributed by atoms with Gasteiger partial charge in [0.25, 0.3) is 0 Å². The van der Waals surface area contributed by atoms with Crippen molar-refractivity contribution >= 4 is 50.9 Å². The normalized spacial score (nSPS) is 11.8. The summed E-state index contributed by atoms with van der Waals surface area (Å²) in [7, 11) is 0. The summed E-state index contributed by atoms with van der Waals surface area (Å²) in [4.78, 5) is 17.2.